The monoisotopic (exact) mass is 411 g/mol. The number of carbonyl (C=O) groups excluding carboxylic acids is 2. The fourth-order valence-corrected chi connectivity index (χ4v) is 5.90. The van der Waals surface area contributed by atoms with Gasteiger partial charge in [0.15, 0.2) is 5.60 Å². The van der Waals surface area contributed by atoms with Crippen molar-refractivity contribution < 1.29 is 14.3 Å². The highest BCUT2D eigenvalue weighted by Crippen LogP contribution is 2.52. The Kier molecular flexibility index (Phi) is 4.77. The van der Waals surface area contributed by atoms with E-state index >= 15 is 0 Å². The predicted octanol–water partition coefficient (Wildman–Crippen LogP) is 3.57. The third-order valence-electron chi connectivity index (χ3n) is 7.14. The third-order valence-corrected chi connectivity index (χ3v) is 7.14. The van der Waals surface area contributed by atoms with Gasteiger partial charge in [-0.2, -0.15) is 0 Å². The number of hydrogen-bond donors (Lipinski definition) is 1. The molecule has 1 saturated carbocycles. The number of benzene rings is 1. The van der Waals surface area contributed by atoms with Crippen LogP contribution in [-0.4, -0.2) is 46.6 Å². The van der Waals surface area contributed by atoms with Gasteiger partial charge in [0, 0.05) is 42.4 Å². The van der Waals surface area contributed by atoms with Gasteiger partial charge >= 0.3 is 0 Å². The predicted molar refractivity (Wildman–Crippen MR) is 117 cm³/mol. The number of rotatable bonds is 5. The number of nitrogens with two attached hydrogens (primary N) is 1. The average molecular weight is 412 g/mol. The smallest absolute Gasteiger partial charge is 0.254 e. The summed E-state index contributed by atoms with van der Waals surface area (Å²) in [6.07, 6.45) is 5.24. The van der Waals surface area contributed by atoms with E-state index in [-0.39, 0.29) is 16.7 Å². The van der Waals surface area contributed by atoms with Crippen molar-refractivity contribution in [2.75, 3.05) is 13.7 Å². The molecule has 1 aromatic heterocycles. The number of amides is 2. The van der Waals surface area contributed by atoms with E-state index in [1.807, 2.05) is 35.0 Å². The molecule has 1 aliphatic carbocycles. The van der Waals surface area contributed by atoms with Crippen molar-refractivity contribution in [3.8, 4) is 0 Å². The van der Waals surface area contributed by atoms with Gasteiger partial charge in [-0.1, -0.05) is 20.8 Å². The first-order chi connectivity index (χ1) is 14.0. The van der Waals surface area contributed by atoms with Gasteiger partial charge in [0.1, 0.15) is 0 Å². The molecule has 2 bridgehead atoms. The first-order valence-electron chi connectivity index (χ1n) is 10.7. The summed E-state index contributed by atoms with van der Waals surface area (Å²) in [5.41, 5.74) is 6.60. The van der Waals surface area contributed by atoms with Crippen LogP contribution in [0.15, 0.2) is 30.5 Å². The molecule has 6 nitrogen and oxygen atoms in total. The Morgan fingerprint density at radius 1 is 1.23 bits per heavy atom. The van der Waals surface area contributed by atoms with Gasteiger partial charge in [-0.15, -0.1) is 0 Å². The number of likely N-dealkylation sites (tertiary alicyclic amines) is 1. The van der Waals surface area contributed by atoms with Crippen LogP contribution >= 0.6 is 0 Å². The minimum Gasteiger partial charge on any atom is -0.367 e. The SMILES string of the molecule is COC(C)(Cn1ccc2cc(C(=O)N3CC4(C)CC3CC(C)(C)C4)ccc21)C(N)=O. The number of aromatic nitrogens is 1. The highest BCUT2D eigenvalue weighted by atomic mass is 16.5. The van der Waals surface area contributed by atoms with Crippen LogP contribution in [-0.2, 0) is 16.1 Å². The number of nitrogens with zero attached hydrogens (tertiary/aromatic N) is 2. The number of carbonyl (C=O) groups is 2. The summed E-state index contributed by atoms with van der Waals surface area (Å²) in [6, 6.07) is 8.09. The van der Waals surface area contributed by atoms with Crippen molar-refractivity contribution in [1.29, 1.82) is 0 Å². The number of fused-ring (bicyclic) bond motifs is 3. The van der Waals surface area contributed by atoms with E-state index in [1.54, 1.807) is 6.92 Å². The normalized spacial score (nSPS) is 27.2. The molecule has 0 spiro atoms. The maximum atomic E-state index is 13.4. The zero-order chi connectivity index (χ0) is 21.9. The summed E-state index contributed by atoms with van der Waals surface area (Å²) in [6.45, 7) is 9.80. The lowest BCUT2D eigenvalue weighted by molar-refractivity contribution is -0.139. The highest BCUT2D eigenvalue weighted by Gasteiger charge is 2.51. The Balaban J connectivity index is 1.59. The minimum atomic E-state index is -1.09. The molecule has 2 aliphatic rings. The summed E-state index contributed by atoms with van der Waals surface area (Å²) in [5.74, 6) is -0.384. The maximum absolute atomic E-state index is 13.4. The molecule has 6 heteroatoms. The molecule has 2 amide bonds. The van der Waals surface area contributed by atoms with Gasteiger partial charge in [-0.25, -0.2) is 0 Å². The number of ether oxygens (including phenoxy) is 1. The van der Waals surface area contributed by atoms with Gasteiger partial charge in [0.2, 0.25) is 0 Å². The van der Waals surface area contributed by atoms with Crippen molar-refractivity contribution in [3.05, 3.63) is 36.0 Å². The number of primary amides is 1. The van der Waals surface area contributed by atoms with E-state index < -0.39 is 11.5 Å². The summed E-state index contributed by atoms with van der Waals surface area (Å²) in [5, 5.41) is 0.970. The van der Waals surface area contributed by atoms with E-state index in [1.165, 1.54) is 13.5 Å². The second-order valence-electron chi connectivity index (χ2n) is 10.7. The van der Waals surface area contributed by atoms with Crippen LogP contribution in [0.5, 0.6) is 0 Å². The van der Waals surface area contributed by atoms with Crippen molar-refractivity contribution >= 4 is 22.7 Å². The van der Waals surface area contributed by atoms with E-state index in [2.05, 4.69) is 25.7 Å². The quantitative estimate of drug-likeness (QED) is 0.817. The summed E-state index contributed by atoms with van der Waals surface area (Å²) in [7, 11) is 1.49. The van der Waals surface area contributed by atoms with E-state index in [9.17, 15) is 9.59 Å². The second-order valence-corrected chi connectivity index (χ2v) is 10.7. The van der Waals surface area contributed by atoms with Gasteiger partial charge in [0.25, 0.3) is 11.8 Å². The molecule has 4 rings (SSSR count). The lowest BCUT2D eigenvalue weighted by atomic mass is 9.65. The molecular formula is C24H33N3O3. The van der Waals surface area contributed by atoms with Crippen molar-refractivity contribution in [3.63, 3.8) is 0 Å². The van der Waals surface area contributed by atoms with Crippen LogP contribution in [0.3, 0.4) is 0 Å². The number of methoxy groups -OCH3 is 1. The summed E-state index contributed by atoms with van der Waals surface area (Å²) < 4.78 is 7.31. The molecule has 0 radical (unpaired) electrons. The van der Waals surface area contributed by atoms with E-state index in [0.29, 0.717) is 12.6 Å². The Labute approximate surface area is 178 Å². The fourth-order valence-electron chi connectivity index (χ4n) is 5.90. The molecule has 2 heterocycles. The Bertz CT molecular complexity index is 1010. The Hall–Kier alpha value is -2.34. The molecule has 162 valence electrons. The van der Waals surface area contributed by atoms with Crippen molar-refractivity contribution in [2.45, 2.75) is 65.1 Å². The molecule has 1 saturated heterocycles. The second kappa shape index (κ2) is 6.84. The van der Waals surface area contributed by atoms with Crippen molar-refractivity contribution in [1.82, 2.24) is 9.47 Å². The molecule has 1 aromatic carbocycles. The van der Waals surface area contributed by atoms with Crippen LogP contribution in [0.4, 0.5) is 0 Å². The molecule has 2 N–H and O–H groups in total. The molecule has 3 unspecified atom stereocenters. The van der Waals surface area contributed by atoms with Crippen molar-refractivity contribution in [2.24, 2.45) is 16.6 Å². The third kappa shape index (κ3) is 3.51. The van der Waals surface area contributed by atoms with Crippen LogP contribution in [0.2, 0.25) is 0 Å². The molecule has 2 fully saturated rings. The Morgan fingerprint density at radius 2 is 1.97 bits per heavy atom. The number of hydrogen-bond acceptors (Lipinski definition) is 3. The topological polar surface area (TPSA) is 77.6 Å². The molecule has 2 aromatic rings. The van der Waals surface area contributed by atoms with Crippen LogP contribution in [0, 0.1) is 10.8 Å². The zero-order valence-electron chi connectivity index (χ0n) is 18.7. The highest BCUT2D eigenvalue weighted by molar-refractivity contribution is 5.98. The molecule has 3 atom stereocenters. The lowest BCUT2D eigenvalue weighted by Crippen LogP contribution is -2.46. The maximum Gasteiger partial charge on any atom is 0.254 e. The fraction of sp³-hybridized carbons (Fsp3) is 0.583. The zero-order valence-corrected chi connectivity index (χ0v) is 18.7. The van der Waals surface area contributed by atoms with Gasteiger partial charge in [0.05, 0.1) is 6.54 Å². The van der Waals surface area contributed by atoms with E-state index in [0.717, 1.165) is 35.9 Å². The Morgan fingerprint density at radius 3 is 2.63 bits per heavy atom. The van der Waals surface area contributed by atoms with Gasteiger partial charge in [-0.05, 0) is 61.3 Å². The molecular weight excluding hydrogens is 378 g/mol. The van der Waals surface area contributed by atoms with Crippen LogP contribution in [0.25, 0.3) is 10.9 Å². The summed E-state index contributed by atoms with van der Waals surface area (Å²) >= 11 is 0. The van der Waals surface area contributed by atoms with E-state index in [4.69, 9.17) is 10.5 Å². The van der Waals surface area contributed by atoms with Gasteiger partial charge in [-0.3, -0.25) is 9.59 Å². The average Bonchev–Trinajstić information content (AvgIpc) is 3.16. The standard InChI is InChI=1S/C24H33N3O3/c1-22(2)11-18-12-23(3,13-22)14-27(18)20(28)17-6-7-19-16(10-17)8-9-26(19)15-24(4,30-5)21(25)29/h6-10,18H,11-15H2,1-5H3,(H2,25,29). The minimum absolute atomic E-state index is 0.120. The first-order valence-corrected chi connectivity index (χ1v) is 10.7. The molecule has 30 heavy (non-hydrogen) atoms. The van der Waals surface area contributed by atoms with Crippen LogP contribution < -0.4 is 5.73 Å². The summed E-state index contributed by atoms with van der Waals surface area (Å²) in [4.78, 5) is 27.3. The van der Waals surface area contributed by atoms with Crippen LogP contribution in [0.1, 0.15) is 57.3 Å². The lowest BCUT2D eigenvalue weighted by Gasteiger charge is -2.39. The largest absolute Gasteiger partial charge is 0.367 e. The van der Waals surface area contributed by atoms with Gasteiger partial charge < -0.3 is 19.9 Å². The molecule has 1 aliphatic heterocycles. The first kappa shape index (κ1) is 20.9.